The van der Waals surface area contributed by atoms with Crippen LogP contribution in [-0.4, -0.2) is 35.0 Å². The highest BCUT2D eigenvalue weighted by Crippen LogP contribution is 2.68. The van der Waals surface area contributed by atoms with Crippen LogP contribution in [0.4, 0.5) is 0 Å². The number of carbonyl (C=O) groups is 1. The molecule has 4 aliphatic rings. The molecule has 0 heterocycles. The van der Waals surface area contributed by atoms with E-state index >= 15 is 0 Å². The van der Waals surface area contributed by atoms with E-state index in [0.717, 1.165) is 61.2 Å². The average Bonchev–Trinajstić information content (AvgIpc) is 3.13. The third-order valence-electron chi connectivity index (χ3n) is 11.7. The van der Waals surface area contributed by atoms with Crippen LogP contribution in [0.5, 0.6) is 0 Å². The zero-order chi connectivity index (χ0) is 27.2. The van der Waals surface area contributed by atoms with Crippen LogP contribution in [0.3, 0.4) is 0 Å². The van der Waals surface area contributed by atoms with Crippen molar-refractivity contribution in [2.75, 3.05) is 6.61 Å². The minimum absolute atomic E-state index is 0.0905. The van der Waals surface area contributed by atoms with Gasteiger partial charge in [0.05, 0.1) is 11.7 Å². The monoisotopic (exact) mass is 518 g/mol. The number of carbonyl (C=O) groups excluding carboxylic acids is 1. The van der Waals surface area contributed by atoms with Crippen molar-refractivity contribution in [2.45, 2.75) is 150 Å². The van der Waals surface area contributed by atoms with Crippen LogP contribution in [0.1, 0.15) is 132 Å². The van der Waals surface area contributed by atoms with Gasteiger partial charge in [0, 0.05) is 0 Å². The van der Waals surface area contributed by atoms with E-state index in [4.69, 9.17) is 9.47 Å². The molecule has 0 saturated heterocycles. The fraction of sp³-hybridized carbons (Fsp3) is 0.970. The number of fused-ring (bicyclic) bond motifs is 5. The summed E-state index contributed by atoms with van der Waals surface area (Å²) in [5.41, 5.74) is -0.0424. The van der Waals surface area contributed by atoms with Crippen molar-refractivity contribution < 1.29 is 19.4 Å². The SMILES string of the molecule is C[C@H](CCCC(C)(C)O)[C@H]1CC[C@H]2[C@@H]3CC[C@H]4C[C@@H](OCC(=O)OC(C)(C)C)CC[C@]4(C)[C@H]3CC[C@]12C. The second-order valence-electron chi connectivity index (χ2n) is 15.9. The lowest BCUT2D eigenvalue weighted by atomic mass is 9.44. The number of ether oxygens (including phenoxy) is 2. The summed E-state index contributed by atoms with van der Waals surface area (Å²) in [6.45, 7) is 17.5. The van der Waals surface area contributed by atoms with Crippen LogP contribution < -0.4 is 0 Å². The summed E-state index contributed by atoms with van der Waals surface area (Å²) >= 11 is 0. The molecule has 214 valence electrons. The van der Waals surface area contributed by atoms with E-state index in [-0.39, 0.29) is 18.7 Å². The molecule has 0 aliphatic heterocycles. The highest BCUT2D eigenvalue weighted by atomic mass is 16.6. The van der Waals surface area contributed by atoms with E-state index < -0.39 is 11.2 Å². The Balaban J connectivity index is 1.34. The Morgan fingerprint density at radius 1 is 0.946 bits per heavy atom. The predicted molar refractivity (Wildman–Crippen MR) is 150 cm³/mol. The largest absolute Gasteiger partial charge is 0.458 e. The van der Waals surface area contributed by atoms with Crippen LogP contribution in [-0.2, 0) is 14.3 Å². The van der Waals surface area contributed by atoms with Gasteiger partial charge in [0.15, 0.2) is 0 Å². The highest BCUT2D eigenvalue weighted by Gasteiger charge is 2.60. The first-order valence-electron chi connectivity index (χ1n) is 15.7. The van der Waals surface area contributed by atoms with Crippen LogP contribution in [0, 0.1) is 46.3 Å². The Morgan fingerprint density at radius 3 is 2.30 bits per heavy atom. The maximum Gasteiger partial charge on any atom is 0.332 e. The summed E-state index contributed by atoms with van der Waals surface area (Å²) in [6.07, 6.45) is 15.3. The first kappa shape index (κ1) is 29.4. The topological polar surface area (TPSA) is 55.8 Å². The Morgan fingerprint density at radius 2 is 1.62 bits per heavy atom. The van der Waals surface area contributed by atoms with Crippen LogP contribution >= 0.6 is 0 Å². The zero-order valence-electron chi connectivity index (χ0n) is 25.4. The van der Waals surface area contributed by atoms with E-state index in [9.17, 15) is 9.90 Å². The van der Waals surface area contributed by atoms with Gasteiger partial charge in [0.2, 0.25) is 0 Å². The number of rotatable bonds is 8. The molecule has 0 aromatic carbocycles. The van der Waals surface area contributed by atoms with Crippen molar-refractivity contribution in [3.63, 3.8) is 0 Å². The van der Waals surface area contributed by atoms with E-state index in [2.05, 4.69) is 20.8 Å². The summed E-state index contributed by atoms with van der Waals surface area (Å²) in [7, 11) is 0. The molecule has 0 amide bonds. The molecule has 4 rings (SSSR count). The van der Waals surface area contributed by atoms with E-state index in [1.54, 1.807) is 0 Å². The van der Waals surface area contributed by atoms with Gasteiger partial charge in [-0.2, -0.15) is 0 Å². The molecule has 9 atom stereocenters. The Hall–Kier alpha value is -0.610. The van der Waals surface area contributed by atoms with Crippen molar-refractivity contribution in [2.24, 2.45) is 46.3 Å². The lowest BCUT2D eigenvalue weighted by Gasteiger charge is -2.61. The summed E-state index contributed by atoms with van der Waals surface area (Å²) in [6, 6.07) is 0. The van der Waals surface area contributed by atoms with Gasteiger partial charge in [-0.05, 0) is 145 Å². The molecule has 0 aromatic heterocycles. The molecule has 4 heteroatoms. The molecule has 0 spiro atoms. The number of esters is 1. The third-order valence-corrected chi connectivity index (χ3v) is 11.7. The lowest BCUT2D eigenvalue weighted by molar-refractivity contribution is -0.167. The first-order valence-corrected chi connectivity index (χ1v) is 15.7. The second-order valence-corrected chi connectivity index (χ2v) is 15.9. The van der Waals surface area contributed by atoms with Crippen LogP contribution in [0.25, 0.3) is 0 Å². The van der Waals surface area contributed by atoms with Gasteiger partial charge in [0.25, 0.3) is 0 Å². The Labute approximate surface area is 228 Å². The second kappa shape index (κ2) is 10.8. The highest BCUT2D eigenvalue weighted by molar-refractivity contribution is 5.71. The van der Waals surface area contributed by atoms with E-state index in [1.165, 1.54) is 51.4 Å². The summed E-state index contributed by atoms with van der Waals surface area (Å²) in [5.74, 6) is 4.76. The van der Waals surface area contributed by atoms with Gasteiger partial charge in [-0.25, -0.2) is 4.79 Å². The van der Waals surface area contributed by atoms with Gasteiger partial charge in [-0.15, -0.1) is 0 Å². The van der Waals surface area contributed by atoms with E-state index in [0.29, 0.717) is 10.8 Å². The average molecular weight is 519 g/mol. The van der Waals surface area contributed by atoms with Crippen molar-refractivity contribution in [1.82, 2.24) is 0 Å². The molecule has 4 saturated carbocycles. The Bertz CT molecular complexity index is 793. The number of hydrogen-bond donors (Lipinski definition) is 1. The first-order chi connectivity index (χ1) is 17.1. The van der Waals surface area contributed by atoms with Crippen molar-refractivity contribution in [1.29, 1.82) is 0 Å². The number of hydrogen-bond acceptors (Lipinski definition) is 4. The maximum absolute atomic E-state index is 12.2. The van der Waals surface area contributed by atoms with Crippen molar-refractivity contribution in [3.8, 4) is 0 Å². The molecule has 0 aromatic rings. The van der Waals surface area contributed by atoms with Crippen LogP contribution in [0.2, 0.25) is 0 Å². The number of aliphatic hydroxyl groups is 1. The van der Waals surface area contributed by atoms with Crippen LogP contribution in [0.15, 0.2) is 0 Å². The quantitative estimate of drug-likeness (QED) is 0.331. The van der Waals surface area contributed by atoms with Gasteiger partial charge in [0.1, 0.15) is 12.2 Å². The zero-order valence-corrected chi connectivity index (χ0v) is 25.4. The molecule has 1 N–H and O–H groups in total. The van der Waals surface area contributed by atoms with Gasteiger partial charge in [-0.1, -0.05) is 33.6 Å². The molecule has 4 nitrogen and oxygen atoms in total. The standard InChI is InChI=1S/C33H58O4/c1-22(10-9-17-31(5,6)35)26-13-14-27-25-12-11-23-20-24(36-21-29(34)37-30(2,3)4)15-18-32(23,7)28(25)16-19-33(26,27)8/h22-28,35H,9-21H2,1-8H3/t22-,23+,24+,25+,26-,27+,28+,32+,33-/m1/s1. The molecule has 0 radical (unpaired) electrons. The van der Waals surface area contributed by atoms with Crippen molar-refractivity contribution >= 4 is 5.97 Å². The predicted octanol–water partition coefficient (Wildman–Crippen LogP) is 7.95. The molecule has 0 unspecified atom stereocenters. The van der Waals surface area contributed by atoms with Gasteiger partial charge in [-0.3, -0.25) is 0 Å². The molecular formula is C33H58O4. The summed E-state index contributed by atoms with van der Waals surface area (Å²) < 4.78 is 11.6. The fourth-order valence-electron chi connectivity index (χ4n) is 9.96. The van der Waals surface area contributed by atoms with Gasteiger partial charge < -0.3 is 14.6 Å². The Kier molecular flexibility index (Phi) is 8.54. The molecule has 37 heavy (non-hydrogen) atoms. The smallest absolute Gasteiger partial charge is 0.332 e. The summed E-state index contributed by atoms with van der Waals surface area (Å²) in [4.78, 5) is 12.2. The molecule has 4 fully saturated rings. The lowest BCUT2D eigenvalue weighted by Crippen LogP contribution is -2.54. The van der Waals surface area contributed by atoms with Gasteiger partial charge >= 0.3 is 5.97 Å². The minimum Gasteiger partial charge on any atom is -0.458 e. The molecule has 4 aliphatic carbocycles. The van der Waals surface area contributed by atoms with E-state index in [1.807, 2.05) is 34.6 Å². The molecular weight excluding hydrogens is 460 g/mol. The maximum atomic E-state index is 12.2. The fourth-order valence-corrected chi connectivity index (χ4v) is 9.96. The molecule has 0 bridgehead atoms. The van der Waals surface area contributed by atoms with Crippen molar-refractivity contribution in [3.05, 3.63) is 0 Å². The normalized spacial score (nSPS) is 40.9. The third kappa shape index (κ3) is 6.42. The minimum atomic E-state index is -0.534. The summed E-state index contributed by atoms with van der Waals surface area (Å²) in [5, 5.41) is 10.2.